The van der Waals surface area contributed by atoms with E-state index >= 15 is 0 Å². The lowest BCUT2D eigenvalue weighted by atomic mass is 9.48. The van der Waals surface area contributed by atoms with E-state index in [1.54, 1.807) is 0 Å². The van der Waals surface area contributed by atoms with E-state index in [-0.39, 0.29) is 26.8 Å². The summed E-state index contributed by atoms with van der Waals surface area (Å²) in [6.07, 6.45) is 6.92. The number of hydrogen-bond donors (Lipinski definition) is 2. The summed E-state index contributed by atoms with van der Waals surface area (Å²) in [7, 11) is -4.07. The Kier molecular flexibility index (Phi) is 4.76. The van der Waals surface area contributed by atoms with Crippen LogP contribution in [0, 0.1) is 36.0 Å². The number of hydrogen-bond acceptors (Lipinski definition) is 4. The molecule has 0 radical (unpaired) electrons. The van der Waals surface area contributed by atoms with Crippen LogP contribution in [0.3, 0.4) is 0 Å². The monoisotopic (exact) mass is 456 g/mol. The normalized spacial score (nSPS) is 29.0. The molecule has 0 saturated heterocycles. The fraction of sp³-hybridized carbons (Fsp3) is 0.458. The summed E-state index contributed by atoms with van der Waals surface area (Å²) in [6, 6.07) is 9.85. The maximum absolute atomic E-state index is 13.3. The lowest BCUT2D eigenvalue weighted by Crippen LogP contribution is -2.48. The molecule has 4 bridgehead atoms. The lowest BCUT2D eigenvalue weighted by Gasteiger charge is -2.57. The zero-order valence-corrected chi connectivity index (χ0v) is 18.9. The van der Waals surface area contributed by atoms with Gasteiger partial charge in [0.05, 0.1) is 22.3 Å². The van der Waals surface area contributed by atoms with Crippen LogP contribution in [0.4, 0.5) is 5.69 Å². The number of aryl methyl sites for hydroxylation is 1. The van der Waals surface area contributed by atoms with Gasteiger partial charge in [0.1, 0.15) is 10.6 Å². The van der Waals surface area contributed by atoms with Crippen LogP contribution >= 0.6 is 11.6 Å². The Labute approximate surface area is 188 Å². The molecule has 7 heteroatoms. The van der Waals surface area contributed by atoms with Crippen molar-refractivity contribution in [2.24, 2.45) is 17.8 Å². The summed E-state index contributed by atoms with van der Waals surface area (Å²) < 4.78 is 29.0. The summed E-state index contributed by atoms with van der Waals surface area (Å²) in [5.41, 5.74) is 2.00. The molecule has 2 aromatic carbocycles. The van der Waals surface area contributed by atoms with E-state index in [9.17, 15) is 13.5 Å². The van der Waals surface area contributed by atoms with Crippen molar-refractivity contribution in [1.82, 2.24) is 0 Å². The van der Waals surface area contributed by atoms with Gasteiger partial charge in [0.15, 0.2) is 0 Å². The molecule has 4 saturated carbocycles. The third-order valence-corrected chi connectivity index (χ3v) is 9.15. The molecule has 4 aliphatic carbocycles. The highest BCUT2D eigenvalue weighted by Gasteiger charge is 2.52. The molecule has 5 nitrogen and oxygen atoms in total. The fourth-order valence-corrected chi connectivity index (χ4v) is 8.23. The molecule has 2 N–H and O–H groups in total. The first-order valence-corrected chi connectivity index (χ1v) is 12.6. The van der Waals surface area contributed by atoms with Crippen molar-refractivity contribution in [2.75, 3.05) is 4.72 Å². The minimum Gasteiger partial charge on any atom is -0.506 e. The number of benzene rings is 2. The summed E-state index contributed by atoms with van der Waals surface area (Å²) in [5.74, 6) is 1.91. The highest BCUT2D eigenvalue weighted by Crippen LogP contribution is 2.62. The molecule has 31 heavy (non-hydrogen) atoms. The second-order valence-electron chi connectivity index (χ2n) is 9.77. The number of nitrogens with one attached hydrogen (secondary N) is 1. The third-order valence-electron chi connectivity index (χ3n) is 7.46. The van der Waals surface area contributed by atoms with Gasteiger partial charge >= 0.3 is 0 Å². The topological polar surface area (TPSA) is 90.2 Å². The van der Waals surface area contributed by atoms with E-state index in [4.69, 9.17) is 16.9 Å². The van der Waals surface area contributed by atoms with Crippen LogP contribution in [-0.4, -0.2) is 13.5 Å². The van der Waals surface area contributed by atoms with Crippen molar-refractivity contribution in [1.29, 1.82) is 5.26 Å². The highest BCUT2D eigenvalue weighted by atomic mass is 35.5. The van der Waals surface area contributed by atoms with Crippen LogP contribution < -0.4 is 4.72 Å². The minimum absolute atomic E-state index is 0.112. The van der Waals surface area contributed by atoms with Gasteiger partial charge < -0.3 is 5.11 Å². The van der Waals surface area contributed by atoms with Gasteiger partial charge in [-0.2, -0.15) is 5.26 Å². The molecule has 6 rings (SSSR count). The van der Waals surface area contributed by atoms with Crippen molar-refractivity contribution in [3.05, 3.63) is 52.0 Å². The predicted molar refractivity (Wildman–Crippen MR) is 120 cm³/mol. The fourth-order valence-electron chi connectivity index (χ4n) is 6.66. The Morgan fingerprint density at radius 2 is 1.71 bits per heavy atom. The maximum atomic E-state index is 13.3. The standard InChI is InChI=1S/C24H25ClN2O3S/c1-14-4-19(24-10-16-6-17(11-24)8-18(7-16)12-24)23(28)22(5-14)31(29,30)27-21-3-2-15(13-26)9-20(21)25/h2-5,9,16-18,27-28H,6-8,10-12H2,1H3. The molecule has 0 amide bonds. The van der Waals surface area contributed by atoms with Gasteiger partial charge in [-0.3, -0.25) is 4.72 Å². The first kappa shape index (κ1) is 20.7. The van der Waals surface area contributed by atoms with E-state index in [1.165, 1.54) is 43.5 Å². The first-order valence-electron chi connectivity index (χ1n) is 10.8. The smallest absolute Gasteiger partial charge is 0.265 e. The molecule has 0 unspecified atom stereocenters. The molecule has 4 fully saturated rings. The first-order chi connectivity index (χ1) is 14.7. The van der Waals surface area contributed by atoms with Gasteiger partial charge in [-0.05, 0) is 98.4 Å². The largest absolute Gasteiger partial charge is 0.506 e. The van der Waals surface area contributed by atoms with E-state index in [2.05, 4.69) is 4.72 Å². The number of anilines is 1. The van der Waals surface area contributed by atoms with E-state index in [0.717, 1.165) is 30.4 Å². The van der Waals surface area contributed by atoms with Gasteiger partial charge in [0, 0.05) is 5.56 Å². The number of nitriles is 1. The van der Waals surface area contributed by atoms with Crippen LogP contribution in [0.2, 0.25) is 5.02 Å². The third kappa shape index (κ3) is 3.48. The molecule has 0 spiro atoms. The second kappa shape index (κ2) is 7.15. The Balaban J connectivity index is 1.55. The van der Waals surface area contributed by atoms with Crippen LogP contribution in [0.5, 0.6) is 5.75 Å². The lowest BCUT2D eigenvalue weighted by molar-refractivity contribution is -0.00631. The maximum Gasteiger partial charge on any atom is 0.265 e. The average Bonchev–Trinajstić information content (AvgIpc) is 2.69. The molecular weight excluding hydrogens is 432 g/mol. The molecule has 0 atom stereocenters. The molecule has 162 valence electrons. The number of phenols is 1. The van der Waals surface area contributed by atoms with Crippen LogP contribution in [0.25, 0.3) is 0 Å². The highest BCUT2D eigenvalue weighted by molar-refractivity contribution is 7.92. The van der Waals surface area contributed by atoms with Gasteiger partial charge in [-0.15, -0.1) is 0 Å². The Bertz CT molecular complexity index is 1180. The van der Waals surface area contributed by atoms with Crippen molar-refractivity contribution < 1.29 is 13.5 Å². The van der Waals surface area contributed by atoms with Crippen LogP contribution in [0.1, 0.15) is 55.2 Å². The quantitative estimate of drug-likeness (QED) is 0.636. The molecule has 2 aromatic rings. The van der Waals surface area contributed by atoms with Crippen molar-refractivity contribution in [3.8, 4) is 11.8 Å². The summed E-state index contributed by atoms with van der Waals surface area (Å²) in [5, 5.41) is 20.4. The van der Waals surface area contributed by atoms with Gasteiger partial charge in [-0.1, -0.05) is 17.7 Å². The Hall–Kier alpha value is -2.23. The zero-order chi connectivity index (χ0) is 22.0. The van der Waals surface area contributed by atoms with E-state index in [0.29, 0.717) is 23.3 Å². The molecular formula is C24H25ClN2O3S. The number of rotatable bonds is 4. The number of phenolic OH excluding ortho intramolecular Hbond substituents is 1. The van der Waals surface area contributed by atoms with Crippen molar-refractivity contribution in [2.45, 2.75) is 55.8 Å². The molecule has 0 aromatic heterocycles. The van der Waals surface area contributed by atoms with Gasteiger partial charge in [0.25, 0.3) is 10.0 Å². The van der Waals surface area contributed by atoms with E-state index in [1.807, 2.05) is 19.1 Å². The predicted octanol–water partition coefficient (Wildman–Crippen LogP) is 5.49. The van der Waals surface area contributed by atoms with Crippen molar-refractivity contribution >= 4 is 27.3 Å². The van der Waals surface area contributed by atoms with Crippen LogP contribution in [-0.2, 0) is 15.4 Å². The minimum atomic E-state index is -4.07. The molecule has 4 aliphatic rings. The molecule has 0 heterocycles. The number of sulfonamides is 1. The average molecular weight is 457 g/mol. The van der Waals surface area contributed by atoms with Gasteiger partial charge in [-0.25, -0.2) is 8.42 Å². The second-order valence-corrected chi connectivity index (χ2v) is 11.8. The Morgan fingerprint density at radius 3 is 2.26 bits per heavy atom. The SMILES string of the molecule is Cc1cc(C23CC4CC(CC(C4)C2)C3)c(O)c(S(=O)(=O)Nc2ccc(C#N)cc2Cl)c1. The molecule has 0 aliphatic heterocycles. The number of aromatic hydroxyl groups is 1. The summed E-state index contributed by atoms with van der Waals surface area (Å²) in [6.45, 7) is 1.87. The van der Waals surface area contributed by atoms with Crippen LogP contribution in [0.15, 0.2) is 35.2 Å². The number of nitrogens with zero attached hydrogens (tertiary/aromatic N) is 1. The van der Waals surface area contributed by atoms with Gasteiger partial charge in [0.2, 0.25) is 0 Å². The zero-order valence-electron chi connectivity index (χ0n) is 17.4. The Morgan fingerprint density at radius 1 is 1.10 bits per heavy atom. The number of halogens is 1. The van der Waals surface area contributed by atoms with Crippen molar-refractivity contribution in [3.63, 3.8) is 0 Å². The summed E-state index contributed by atoms with van der Waals surface area (Å²) in [4.78, 5) is -0.112. The van der Waals surface area contributed by atoms with E-state index < -0.39 is 10.0 Å². The summed E-state index contributed by atoms with van der Waals surface area (Å²) >= 11 is 6.17.